The van der Waals surface area contributed by atoms with Gasteiger partial charge in [0.15, 0.2) is 0 Å². The van der Waals surface area contributed by atoms with Gasteiger partial charge in [-0.25, -0.2) is 0 Å². The van der Waals surface area contributed by atoms with Gasteiger partial charge in [0, 0.05) is 5.56 Å². The van der Waals surface area contributed by atoms with Gasteiger partial charge in [0.1, 0.15) is 5.75 Å². The van der Waals surface area contributed by atoms with Crippen molar-refractivity contribution in [2.45, 2.75) is 25.7 Å². The van der Waals surface area contributed by atoms with E-state index < -0.39 is 0 Å². The molecule has 0 spiro atoms. The lowest BCUT2D eigenvalue weighted by Crippen LogP contribution is -2.31. The second kappa shape index (κ2) is 3.59. The second-order valence-corrected chi connectivity index (χ2v) is 3.57. The lowest BCUT2D eigenvalue weighted by molar-refractivity contribution is 0.0204. The normalized spacial score (nSPS) is 25.6. The predicted octanol–water partition coefficient (Wildman–Crippen LogP) is 1.61. The third-order valence-corrected chi connectivity index (χ3v) is 2.72. The van der Waals surface area contributed by atoms with Gasteiger partial charge in [0.25, 0.3) is 0 Å². The molecule has 0 aliphatic carbocycles. The number of benzene rings is 1. The van der Waals surface area contributed by atoms with Crippen LogP contribution in [-0.2, 0) is 11.3 Å². The highest BCUT2D eigenvalue weighted by Crippen LogP contribution is 2.34. The summed E-state index contributed by atoms with van der Waals surface area (Å²) in [5, 5.41) is 0. The first-order chi connectivity index (χ1) is 6.74. The molecule has 0 saturated carbocycles. The average Bonchev–Trinajstić information content (AvgIpc) is 2.23. The maximum atomic E-state index is 6.06. The maximum Gasteiger partial charge on any atom is 0.124 e. The molecule has 3 nitrogen and oxygen atoms in total. The second-order valence-electron chi connectivity index (χ2n) is 3.57. The van der Waals surface area contributed by atoms with Crippen molar-refractivity contribution in [2.75, 3.05) is 7.11 Å². The Balaban J connectivity index is 2.49. The van der Waals surface area contributed by atoms with Crippen molar-refractivity contribution in [3.8, 4) is 5.75 Å². The Labute approximate surface area is 83.8 Å². The van der Waals surface area contributed by atoms with Crippen LogP contribution in [0.5, 0.6) is 5.75 Å². The van der Waals surface area contributed by atoms with E-state index >= 15 is 0 Å². The van der Waals surface area contributed by atoms with Crippen molar-refractivity contribution >= 4 is 0 Å². The van der Waals surface area contributed by atoms with Crippen LogP contribution in [0.25, 0.3) is 0 Å². The van der Waals surface area contributed by atoms with Crippen LogP contribution >= 0.6 is 0 Å². The Morgan fingerprint density at radius 3 is 3.00 bits per heavy atom. The van der Waals surface area contributed by atoms with Gasteiger partial charge in [-0.05, 0) is 18.6 Å². The number of rotatable bonds is 1. The van der Waals surface area contributed by atoms with E-state index in [2.05, 4.69) is 0 Å². The van der Waals surface area contributed by atoms with Gasteiger partial charge in [-0.3, -0.25) is 0 Å². The molecule has 0 fully saturated rings. The molecule has 1 aliphatic heterocycles. The molecule has 2 atom stereocenters. The number of nitrogens with two attached hydrogens (primary N) is 1. The van der Waals surface area contributed by atoms with Gasteiger partial charge in [-0.15, -0.1) is 0 Å². The first-order valence-electron chi connectivity index (χ1n) is 4.77. The summed E-state index contributed by atoms with van der Waals surface area (Å²) >= 11 is 0. The smallest absolute Gasteiger partial charge is 0.124 e. The topological polar surface area (TPSA) is 44.5 Å². The number of methoxy groups -OCH3 is 1. The van der Waals surface area contributed by atoms with E-state index in [0.717, 1.165) is 16.9 Å². The third kappa shape index (κ3) is 1.38. The van der Waals surface area contributed by atoms with Crippen LogP contribution in [0.3, 0.4) is 0 Å². The van der Waals surface area contributed by atoms with Crippen LogP contribution in [0.15, 0.2) is 18.2 Å². The molecule has 3 heteroatoms. The van der Waals surface area contributed by atoms with Crippen molar-refractivity contribution in [3.63, 3.8) is 0 Å². The Hall–Kier alpha value is -1.06. The molecule has 0 radical (unpaired) electrons. The SMILES string of the molecule is COc1cccc2c1[C@H](N)[C@@H](C)OC2. The van der Waals surface area contributed by atoms with E-state index in [1.165, 1.54) is 0 Å². The summed E-state index contributed by atoms with van der Waals surface area (Å²) in [5.74, 6) is 0.866. The Bertz CT molecular complexity index is 324. The minimum Gasteiger partial charge on any atom is -0.496 e. The summed E-state index contributed by atoms with van der Waals surface area (Å²) in [7, 11) is 1.67. The van der Waals surface area contributed by atoms with Crippen LogP contribution in [0.4, 0.5) is 0 Å². The zero-order valence-electron chi connectivity index (χ0n) is 8.49. The van der Waals surface area contributed by atoms with Crippen LogP contribution in [0, 0.1) is 0 Å². The average molecular weight is 193 g/mol. The van der Waals surface area contributed by atoms with Gasteiger partial charge in [0.2, 0.25) is 0 Å². The monoisotopic (exact) mass is 193 g/mol. The Morgan fingerprint density at radius 1 is 1.50 bits per heavy atom. The van der Waals surface area contributed by atoms with E-state index in [1.807, 2.05) is 25.1 Å². The van der Waals surface area contributed by atoms with E-state index in [4.69, 9.17) is 15.2 Å². The first-order valence-corrected chi connectivity index (χ1v) is 4.77. The molecule has 0 unspecified atom stereocenters. The molecule has 1 heterocycles. The molecule has 1 aromatic rings. The van der Waals surface area contributed by atoms with Crippen LogP contribution < -0.4 is 10.5 Å². The standard InChI is InChI=1S/C11H15NO2/c1-7-11(12)10-8(6-14-7)4-3-5-9(10)13-2/h3-5,7,11H,6,12H2,1-2H3/t7-,11-/m1/s1. The van der Waals surface area contributed by atoms with Gasteiger partial charge in [-0.2, -0.15) is 0 Å². The summed E-state index contributed by atoms with van der Waals surface area (Å²) in [6.07, 6.45) is 0.0544. The Kier molecular flexibility index (Phi) is 2.44. The zero-order valence-corrected chi connectivity index (χ0v) is 8.49. The minimum atomic E-state index is -0.0881. The molecule has 1 aromatic carbocycles. The van der Waals surface area contributed by atoms with E-state index in [9.17, 15) is 0 Å². The highest BCUT2D eigenvalue weighted by Gasteiger charge is 2.26. The fourth-order valence-electron chi connectivity index (χ4n) is 1.83. The van der Waals surface area contributed by atoms with E-state index in [0.29, 0.717) is 6.61 Å². The van der Waals surface area contributed by atoms with Crippen LogP contribution in [-0.4, -0.2) is 13.2 Å². The number of hydrogen-bond donors (Lipinski definition) is 1. The summed E-state index contributed by atoms with van der Waals surface area (Å²) in [6, 6.07) is 5.85. The van der Waals surface area contributed by atoms with Crippen molar-refractivity contribution in [1.29, 1.82) is 0 Å². The third-order valence-electron chi connectivity index (χ3n) is 2.72. The fourth-order valence-corrected chi connectivity index (χ4v) is 1.83. The molecule has 0 saturated heterocycles. The van der Waals surface area contributed by atoms with Gasteiger partial charge in [-0.1, -0.05) is 12.1 Å². The molecule has 76 valence electrons. The minimum absolute atomic E-state index is 0.0544. The summed E-state index contributed by atoms with van der Waals surface area (Å²) < 4.78 is 10.8. The fraction of sp³-hybridized carbons (Fsp3) is 0.455. The molecular weight excluding hydrogens is 178 g/mol. The molecule has 2 rings (SSSR count). The highest BCUT2D eigenvalue weighted by atomic mass is 16.5. The van der Waals surface area contributed by atoms with Crippen molar-refractivity contribution in [1.82, 2.24) is 0 Å². The van der Waals surface area contributed by atoms with Crippen LogP contribution in [0.2, 0.25) is 0 Å². The highest BCUT2D eigenvalue weighted by molar-refractivity contribution is 5.43. The summed E-state index contributed by atoms with van der Waals surface area (Å²) in [4.78, 5) is 0. The van der Waals surface area contributed by atoms with Gasteiger partial charge in [0.05, 0.1) is 25.9 Å². The number of fused-ring (bicyclic) bond motifs is 1. The largest absolute Gasteiger partial charge is 0.496 e. The first kappa shape index (κ1) is 9.49. The molecule has 2 N–H and O–H groups in total. The summed E-state index contributed by atoms with van der Waals surface area (Å²) in [5.41, 5.74) is 8.29. The van der Waals surface area contributed by atoms with E-state index in [1.54, 1.807) is 7.11 Å². The van der Waals surface area contributed by atoms with Crippen molar-refractivity contribution in [3.05, 3.63) is 29.3 Å². The van der Waals surface area contributed by atoms with Crippen molar-refractivity contribution in [2.24, 2.45) is 5.73 Å². The van der Waals surface area contributed by atoms with Crippen molar-refractivity contribution < 1.29 is 9.47 Å². The molecule has 0 amide bonds. The van der Waals surface area contributed by atoms with E-state index in [-0.39, 0.29) is 12.1 Å². The van der Waals surface area contributed by atoms with Gasteiger partial charge < -0.3 is 15.2 Å². The van der Waals surface area contributed by atoms with Gasteiger partial charge >= 0.3 is 0 Å². The maximum absolute atomic E-state index is 6.06. The molecule has 0 aromatic heterocycles. The molecule has 1 aliphatic rings. The molecule has 14 heavy (non-hydrogen) atoms. The predicted molar refractivity (Wildman–Crippen MR) is 54.2 cm³/mol. The molecular formula is C11H15NO2. The van der Waals surface area contributed by atoms with Crippen LogP contribution in [0.1, 0.15) is 24.1 Å². The lowest BCUT2D eigenvalue weighted by Gasteiger charge is -2.30. The lowest BCUT2D eigenvalue weighted by atomic mass is 9.94. The number of hydrogen-bond acceptors (Lipinski definition) is 3. The summed E-state index contributed by atoms with van der Waals surface area (Å²) in [6.45, 7) is 2.61. The molecule has 0 bridgehead atoms. The Morgan fingerprint density at radius 2 is 2.29 bits per heavy atom. The zero-order chi connectivity index (χ0) is 10.1. The quantitative estimate of drug-likeness (QED) is 0.737. The number of ether oxygens (including phenoxy) is 2.